The fourth-order valence-corrected chi connectivity index (χ4v) is 2.53. The summed E-state index contributed by atoms with van der Waals surface area (Å²) in [6, 6.07) is -1.26. The summed E-state index contributed by atoms with van der Waals surface area (Å²) in [6.07, 6.45) is -0.899. The number of rotatable bonds is 3. The molecule has 1 fully saturated rings. The number of halogens is 2. The highest BCUT2D eigenvalue weighted by Gasteiger charge is 2.64. The van der Waals surface area contributed by atoms with Gasteiger partial charge in [0.15, 0.2) is 0 Å². The number of esters is 1. The fraction of sp³-hybridized carbons (Fsp3) is 0.833. The number of carbonyl (C=O) groups is 3. The molecule has 1 heterocycles. The molecule has 0 radical (unpaired) electrons. The van der Waals surface area contributed by atoms with Gasteiger partial charge in [0.2, 0.25) is 5.91 Å². The van der Waals surface area contributed by atoms with Crippen LogP contribution in [-0.2, 0) is 19.1 Å². The first-order valence-electron chi connectivity index (χ1n) is 8.89. The van der Waals surface area contributed by atoms with E-state index in [1.165, 1.54) is 20.8 Å². The summed E-state index contributed by atoms with van der Waals surface area (Å²) in [5.41, 5.74) is -2.48. The van der Waals surface area contributed by atoms with Gasteiger partial charge in [-0.2, -0.15) is 0 Å². The van der Waals surface area contributed by atoms with Crippen molar-refractivity contribution in [1.29, 1.82) is 0 Å². The molecule has 27 heavy (non-hydrogen) atoms. The number of likely N-dealkylation sites (N-methyl/N-ethyl adjacent to an activating group) is 1. The van der Waals surface area contributed by atoms with Crippen LogP contribution in [0.4, 0.5) is 13.6 Å². The molecule has 7 nitrogen and oxygen atoms in total. The zero-order valence-electron chi connectivity index (χ0n) is 17.4. The maximum absolute atomic E-state index is 14.2. The molecule has 1 rings (SSSR count). The Kier molecular flexibility index (Phi) is 8.66. The van der Waals surface area contributed by atoms with Gasteiger partial charge < -0.3 is 14.8 Å². The normalized spacial score (nSPS) is 20.2. The number of nitrogens with one attached hydrogen (secondary N) is 1. The zero-order chi connectivity index (χ0) is 21.6. The van der Waals surface area contributed by atoms with E-state index in [9.17, 15) is 23.2 Å². The van der Waals surface area contributed by atoms with Gasteiger partial charge in [0, 0.05) is 13.5 Å². The Morgan fingerprint density at radius 3 is 2.04 bits per heavy atom. The smallest absolute Gasteiger partial charge is 0.411 e. The summed E-state index contributed by atoms with van der Waals surface area (Å²) in [4.78, 5) is 34.9. The van der Waals surface area contributed by atoms with Gasteiger partial charge in [0.25, 0.3) is 5.92 Å². The third kappa shape index (κ3) is 6.95. The van der Waals surface area contributed by atoms with Crippen LogP contribution in [0, 0.1) is 5.41 Å². The lowest BCUT2D eigenvalue weighted by atomic mass is 9.81. The molecule has 1 unspecified atom stereocenters. The highest BCUT2D eigenvalue weighted by atomic mass is 19.3. The van der Waals surface area contributed by atoms with Gasteiger partial charge in [-0.25, -0.2) is 13.6 Å². The van der Waals surface area contributed by atoms with Gasteiger partial charge in [0.1, 0.15) is 11.6 Å². The fourth-order valence-electron chi connectivity index (χ4n) is 2.53. The lowest BCUT2D eigenvalue weighted by molar-refractivity contribution is -0.140. The van der Waals surface area contributed by atoms with Crippen LogP contribution in [0.2, 0.25) is 0 Å². The second kappa shape index (κ2) is 9.32. The minimum Gasteiger partial charge on any atom is -0.466 e. The molecule has 0 aromatic rings. The molecular formula is C18H32F2N2O5. The van der Waals surface area contributed by atoms with Gasteiger partial charge in [-0.05, 0) is 34.6 Å². The zero-order valence-corrected chi connectivity index (χ0v) is 17.4. The van der Waals surface area contributed by atoms with Crippen molar-refractivity contribution in [3.8, 4) is 0 Å². The van der Waals surface area contributed by atoms with Crippen LogP contribution in [0.3, 0.4) is 0 Å². The second-order valence-corrected chi connectivity index (χ2v) is 7.76. The maximum Gasteiger partial charge on any atom is 0.411 e. The number of hydrogen-bond acceptors (Lipinski definition) is 5. The molecule has 158 valence electrons. The maximum atomic E-state index is 14.2. The van der Waals surface area contributed by atoms with Crippen molar-refractivity contribution in [2.75, 3.05) is 19.7 Å². The third-order valence-corrected chi connectivity index (χ3v) is 3.88. The van der Waals surface area contributed by atoms with Crippen LogP contribution in [0.1, 0.15) is 55.4 Å². The first kappa shape index (κ1) is 25.1. The quantitative estimate of drug-likeness (QED) is 0.744. The lowest BCUT2D eigenvalue weighted by Gasteiger charge is -2.33. The van der Waals surface area contributed by atoms with Gasteiger partial charge in [-0.1, -0.05) is 13.8 Å². The molecular weight excluding hydrogens is 362 g/mol. The van der Waals surface area contributed by atoms with E-state index in [0.29, 0.717) is 13.2 Å². The summed E-state index contributed by atoms with van der Waals surface area (Å²) < 4.78 is 37.9. The number of hydrogen-bond donors (Lipinski definition) is 1. The van der Waals surface area contributed by atoms with Crippen molar-refractivity contribution in [1.82, 2.24) is 10.2 Å². The number of nitrogens with zero attached hydrogens (tertiary/aromatic N) is 1. The molecule has 1 aliphatic rings. The Morgan fingerprint density at radius 1 is 1.19 bits per heavy atom. The molecule has 0 bridgehead atoms. The number of alkyl halides is 2. The monoisotopic (exact) mass is 394 g/mol. The highest BCUT2D eigenvalue weighted by Crippen LogP contribution is 2.48. The molecule has 0 aliphatic carbocycles. The summed E-state index contributed by atoms with van der Waals surface area (Å²) in [6.45, 7) is 12.3. The molecule has 1 aliphatic heterocycles. The van der Waals surface area contributed by atoms with Crippen LogP contribution in [0.25, 0.3) is 0 Å². The Hall–Kier alpha value is -1.93. The van der Waals surface area contributed by atoms with E-state index in [2.05, 4.69) is 10.1 Å². The molecule has 2 amide bonds. The average Bonchev–Trinajstić information content (AvgIpc) is 2.63. The van der Waals surface area contributed by atoms with Crippen molar-refractivity contribution in [2.24, 2.45) is 5.41 Å². The summed E-state index contributed by atoms with van der Waals surface area (Å²) in [5, 5.41) is 2.51. The van der Waals surface area contributed by atoms with Crippen LogP contribution in [-0.4, -0.2) is 60.1 Å². The van der Waals surface area contributed by atoms with Crippen LogP contribution in [0.15, 0.2) is 0 Å². The molecule has 0 saturated carbocycles. The van der Waals surface area contributed by atoms with E-state index in [1.54, 1.807) is 34.6 Å². The standard InChI is InChI=1S/C14H24F2N2O3.C4H8O2/c1-7-17-10(19)9-13(5,6)14(15,16)8-18(9)11(20)21-12(2,3)4;1-3-6-4(2)5/h9H,7-8H2,1-6H3,(H,17,19);3H2,1-2H3. The lowest BCUT2D eigenvalue weighted by Crippen LogP contribution is -2.53. The van der Waals surface area contributed by atoms with E-state index in [1.807, 2.05) is 0 Å². The van der Waals surface area contributed by atoms with Crippen molar-refractivity contribution in [3.05, 3.63) is 0 Å². The second-order valence-electron chi connectivity index (χ2n) is 7.76. The van der Waals surface area contributed by atoms with Gasteiger partial charge in [-0.15, -0.1) is 0 Å². The minimum absolute atomic E-state index is 0.211. The first-order chi connectivity index (χ1) is 12.1. The molecule has 1 atom stereocenters. The van der Waals surface area contributed by atoms with E-state index >= 15 is 0 Å². The van der Waals surface area contributed by atoms with Crippen LogP contribution in [0.5, 0.6) is 0 Å². The summed E-state index contributed by atoms with van der Waals surface area (Å²) >= 11 is 0. The first-order valence-corrected chi connectivity index (χ1v) is 8.89. The SMILES string of the molecule is CCNC(=O)C1N(C(=O)OC(C)(C)C)CC(F)(F)C1(C)C.CCOC(C)=O. The van der Waals surface area contributed by atoms with Gasteiger partial charge >= 0.3 is 12.1 Å². The topological polar surface area (TPSA) is 84.9 Å². The van der Waals surface area contributed by atoms with Gasteiger partial charge in [0.05, 0.1) is 18.6 Å². The molecule has 1 saturated heterocycles. The molecule has 9 heteroatoms. The van der Waals surface area contributed by atoms with Crippen molar-refractivity contribution in [2.45, 2.75) is 73.0 Å². The van der Waals surface area contributed by atoms with Crippen LogP contribution < -0.4 is 5.32 Å². The highest BCUT2D eigenvalue weighted by molar-refractivity contribution is 5.87. The van der Waals surface area contributed by atoms with E-state index in [0.717, 1.165) is 4.90 Å². The molecule has 0 spiro atoms. The van der Waals surface area contributed by atoms with E-state index in [-0.39, 0.29) is 5.97 Å². The average molecular weight is 394 g/mol. The van der Waals surface area contributed by atoms with Crippen molar-refractivity contribution >= 4 is 18.0 Å². The Balaban J connectivity index is 0.000000972. The van der Waals surface area contributed by atoms with Crippen LogP contribution >= 0.6 is 0 Å². The van der Waals surface area contributed by atoms with E-state index < -0.39 is 41.5 Å². The molecule has 0 aromatic carbocycles. The van der Waals surface area contributed by atoms with Crippen molar-refractivity contribution < 1.29 is 32.6 Å². The third-order valence-electron chi connectivity index (χ3n) is 3.88. The number of carbonyl (C=O) groups excluding carboxylic acids is 3. The summed E-state index contributed by atoms with van der Waals surface area (Å²) in [7, 11) is 0. The number of amides is 2. The Morgan fingerprint density at radius 2 is 1.70 bits per heavy atom. The predicted octanol–water partition coefficient (Wildman–Crippen LogP) is 2.97. The Bertz CT molecular complexity index is 544. The van der Waals surface area contributed by atoms with E-state index in [4.69, 9.17) is 4.74 Å². The number of ether oxygens (including phenoxy) is 2. The predicted molar refractivity (Wildman–Crippen MR) is 96.4 cm³/mol. The number of likely N-dealkylation sites (tertiary alicyclic amines) is 1. The largest absolute Gasteiger partial charge is 0.466 e. The molecule has 1 N–H and O–H groups in total. The summed E-state index contributed by atoms with van der Waals surface area (Å²) in [5.74, 6) is -3.97. The van der Waals surface area contributed by atoms with Gasteiger partial charge in [-0.3, -0.25) is 14.5 Å². The Labute approximate surface area is 159 Å². The minimum atomic E-state index is -3.17. The van der Waals surface area contributed by atoms with Crippen molar-refractivity contribution in [3.63, 3.8) is 0 Å². The molecule has 0 aromatic heterocycles.